The fourth-order valence-electron chi connectivity index (χ4n) is 2.36. The van der Waals surface area contributed by atoms with E-state index in [2.05, 4.69) is 8.83 Å². The lowest BCUT2D eigenvalue weighted by Gasteiger charge is -2.22. The molecule has 14 nitrogen and oxygen atoms in total. The number of nitrogens with one attached hydrogen (secondary N) is 1. The highest BCUT2D eigenvalue weighted by atomic mass is 31.3. The molecular formula is C10H15N2O12P2-. The zero-order valence-corrected chi connectivity index (χ0v) is 14.6. The summed E-state index contributed by atoms with van der Waals surface area (Å²) in [6.07, 6.45) is -3.06. The van der Waals surface area contributed by atoms with Gasteiger partial charge in [0.15, 0.2) is 6.23 Å². The Bertz CT molecular complexity index is 845. The zero-order valence-electron chi connectivity index (χ0n) is 12.8. The fraction of sp³-hybridized carbons (Fsp3) is 0.600. The molecule has 0 bridgehead atoms. The number of hydrogen-bond acceptors (Lipinski definition) is 10. The minimum Gasteiger partial charge on any atom is -0.756 e. The maximum atomic E-state index is 11.8. The Morgan fingerprint density at radius 2 is 2.00 bits per heavy atom. The molecular weight excluding hydrogens is 402 g/mol. The summed E-state index contributed by atoms with van der Waals surface area (Å²) < 4.78 is 35.9. The monoisotopic (exact) mass is 417 g/mol. The van der Waals surface area contributed by atoms with E-state index in [4.69, 9.17) is 9.63 Å². The van der Waals surface area contributed by atoms with Crippen LogP contribution in [0.15, 0.2) is 21.9 Å². The van der Waals surface area contributed by atoms with Crippen LogP contribution < -0.4 is 16.1 Å². The number of hydrogen-bond donors (Lipinski definition) is 5. The maximum Gasteiger partial charge on any atom is 0.478 e. The third-order valence-electron chi connectivity index (χ3n) is 3.47. The number of nitrogens with zero attached hydrogens (tertiary/aromatic N) is 1. The van der Waals surface area contributed by atoms with Crippen LogP contribution >= 0.6 is 15.6 Å². The third-order valence-corrected chi connectivity index (χ3v) is 5.59. The first-order valence-electron chi connectivity index (χ1n) is 6.92. The number of H-pyrrole nitrogens is 1. The van der Waals surface area contributed by atoms with Crippen LogP contribution in [0.4, 0.5) is 0 Å². The van der Waals surface area contributed by atoms with Gasteiger partial charge in [-0.05, 0) is 0 Å². The molecule has 148 valence electrons. The molecule has 0 radical (unpaired) electrons. The summed E-state index contributed by atoms with van der Waals surface area (Å²) >= 11 is 0. The molecule has 1 saturated heterocycles. The third kappa shape index (κ3) is 5.18. The van der Waals surface area contributed by atoms with Crippen molar-refractivity contribution >= 4 is 15.6 Å². The van der Waals surface area contributed by atoms with Crippen molar-refractivity contribution in [3.63, 3.8) is 0 Å². The summed E-state index contributed by atoms with van der Waals surface area (Å²) in [5.74, 6) is -1.09. The zero-order chi connectivity index (χ0) is 19.7. The maximum absolute atomic E-state index is 11.8. The van der Waals surface area contributed by atoms with Gasteiger partial charge in [0.05, 0.1) is 19.3 Å². The second-order valence-electron chi connectivity index (χ2n) is 5.23. The van der Waals surface area contributed by atoms with Crippen LogP contribution in [0.25, 0.3) is 0 Å². The SMILES string of the molecule is O=c1ccn([C@@H]2O[C@H](COP(=O)(O)OP(=O)([O-])O)[C@@H](CO)[C@H]2O)c(=O)[nH]1. The summed E-state index contributed by atoms with van der Waals surface area (Å²) in [7, 11) is -10.8. The predicted molar refractivity (Wildman–Crippen MR) is 78.5 cm³/mol. The van der Waals surface area contributed by atoms with Crippen molar-refractivity contribution in [1.82, 2.24) is 9.55 Å². The van der Waals surface area contributed by atoms with Crippen molar-refractivity contribution in [2.75, 3.05) is 13.2 Å². The highest BCUT2D eigenvalue weighted by molar-refractivity contribution is 7.60. The van der Waals surface area contributed by atoms with E-state index >= 15 is 0 Å². The number of ether oxygens (including phenoxy) is 1. The van der Waals surface area contributed by atoms with E-state index < -0.39 is 64.5 Å². The quantitative estimate of drug-likeness (QED) is 0.280. The second kappa shape index (κ2) is 7.82. The van der Waals surface area contributed by atoms with Crippen molar-refractivity contribution in [3.05, 3.63) is 33.1 Å². The smallest absolute Gasteiger partial charge is 0.478 e. The summed E-state index contributed by atoms with van der Waals surface area (Å²) in [6, 6.07) is 0.984. The highest BCUT2D eigenvalue weighted by Crippen LogP contribution is 2.55. The van der Waals surface area contributed by atoms with Crippen LogP contribution in [0, 0.1) is 5.92 Å². The summed E-state index contributed by atoms with van der Waals surface area (Å²) in [4.78, 5) is 52.9. The van der Waals surface area contributed by atoms with Gasteiger partial charge in [-0.3, -0.25) is 23.4 Å². The van der Waals surface area contributed by atoms with Crippen LogP contribution in [0.5, 0.6) is 0 Å². The van der Waals surface area contributed by atoms with E-state index in [1.54, 1.807) is 0 Å². The van der Waals surface area contributed by atoms with Crippen LogP contribution in [0.3, 0.4) is 0 Å². The molecule has 2 unspecified atom stereocenters. The van der Waals surface area contributed by atoms with Gasteiger partial charge in [-0.1, -0.05) is 0 Å². The van der Waals surface area contributed by atoms with Gasteiger partial charge in [-0.25, -0.2) is 13.7 Å². The molecule has 0 aromatic carbocycles. The molecule has 0 saturated carbocycles. The van der Waals surface area contributed by atoms with Gasteiger partial charge in [0.2, 0.25) is 0 Å². The molecule has 5 N–H and O–H groups in total. The molecule has 1 aliphatic rings. The Morgan fingerprint density at radius 3 is 2.54 bits per heavy atom. The minimum absolute atomic E-state index is 0.680. The standard InChI is InChI=1S/C10H16N2O12P2/c13-3-5-6(4-22-26(20,21)24-25(17,18)19)23-9(8(5)15)12-2-1-7(14)11-10(12)16/h1-2,5-6,8-9,13,15H,3-4H2,(H,20,21)(H,11,14,16)(H2,17,18,19)/p-1/t5-,6-,8-,9-/m1/s1. The van der Waals surface area contributed by atoms with Crippen LogP contribution in [-0.4, -0.2) is 55.0 Å². The summed E-state index contributed by atoms with van der Waals surface area (Å²) in [5, 5.41) is 19.6. The van der Waals surface area contributed by atoms with Crippen molar-refractivity contribution in [2.24, 2.45) is 5.92 Å². The van der Waals surface area contributed by atoms with Crippen LogP contribution in [0.2, 0.25) is 0 Å². The summed E-state index contributed by atoms with van der Waals surface area (Å²) in [5.41, 5.74) is -1.61. The molecule has 6 atom stereocenters. The molecule has 1 fully saturated rings. The normalized spacial score (nSPS) is 30.7. The Morgan fingerprint density at radius 1 is 1.35 bits per heavy atom. The van der Waals surface area contributed by atoms with Crippen molar-refractivity contribution < 1.29 is 47.6 Å². The van der Waals surface area contributed by atoms with E-state index in [9.17, 15) is 38.7 Å². The van der Waals surface area contributed by atoms with E-state index in [0.717, 1.165) is 16.8 Å². The van der Waals surface area contributed by atoms with Crippen molar-refractivity contribution in [1.29, 1.82) is 0 Å². The number of aliphatic hydroxyl groups is 2. The minimum atomic E-state index is -5.56. The van der Waals surface area contributed by atoms with Crippen molar-refractivity contribution in [3.8, 4) is 0 Å². The number of aromatic nitrogens is 2. The topological polar surface area (TPSA) is 221 Å². The van der Waals surface area contributed by atoms with Gasteiger partial charge >= 0.3 is 13.5 Å². The molecule has 2 heterocycles. The van der Waals surface area contributed by atoms with Crippen LogP contribution in [-0.2, 0) is 22.7 Å². The number of aliphatic hydroxyl groups excluding tert-OH is 2. The van der Waals surface area contributed by atoms with Gasteiger partial charge < -0.3 is 29.6 Å². The lowest BCUT2D eigenvalue weighted by atomic mass is 9.99. The molecule has 1 aliphatic heterocycles. The average molecular weight is 417 g/mol. The Kier molecular flexibility index (Phi) is 6.36. The van der Waals surface area contributed by atoms with E-state index in [0.29, 0.717) is 0 Å². The number of phosphoric acid groups is 2. The Balaban J connectivity index is 2.15. The molecule has 0 spiro atoms. The largest absolute Gasteiger partial charge is 0.756 e. The molecule has 1 aromatic rings. The van der Waals surface area contributed by atoms with Gasteiger partial charge in [0.1, 0.15) is 6.10 Å². The Labute approximate surface area is 144 Å². The number of rotatable bonds is 7. The average Bonchev–Trinajstić information content (AvgIpc) is 2.79. The second-order valence-corrected chi connectivity index (χ2v) is 8.02. The molecule has 26 heavy (non-hydrogen) atoms. The fourth-order valence-corrected chi connectivity index (χ4v) is 3.93. The van der Waals surface area contributed by atoms with Crippen LogP contribution in [0.1, 0.15) is 6.23 Å². The first-order chi connectivity index (χ1) is 11.9. The summed E-state index contributed by atoms with van der Waals surface area (Å²) in [6.45, 7) is -1.51. The predicted octanol–water partition coefficient (Wildman–Crippen LogP) is -3.00. The van der Waals surface area contributed by atoms with Crippen molar-refractivity contribution in [2.45, 2.75) is 18.4 Å². The Hall–Kier alpha value is -1.18. The van der Waals surface area contributed by atoms with Gasteiger partial charge in [0.25, 0.3) is 13.4 Å². The number of aromatic amines is 1. The van der Waals surface area contributed by atoms with Gasteiger partial charge in [-0.2, -0.15) is 0 Å². The lowest BCUT2D eigenvalue weighted by Crippen LogP contribution is -2.36. The molecule has 2 rings (SSSR count). The first-order valence-corrected chi connectivity index (χ1v) is 9.91. The number of phosphoric ester groups is 1. The lowest BCUT2D eigenvalue weighted by molar-refractivity contribution is -0.212. The molecule has 0 amide bonds. The van der Waals surface area contributed by atoms with E-state index in [1.807, 2.05) is 4.98 Å². The van der Waals surface area contributed by atoms with Gasteiger partial charge in [-0.15, -0.1) is 0 Å². The molecule has 0 aliphatic carbocycles. The highest BCUT2D eigenvalue weighted by Gasteiger charge is 2.45. The molecule has 1 aromatic heterocycles. The first kappa shape index (κ1) is 21.1. The van der Waals surface area contributed by atoms with E-state index in [1.165, 1.54) is 0 Å². The van der Waals surface area contributed by atoms with E-state index in [-0.39, 0.29) is 0 Å². The van der Waals surface area contributed by atoms with Gasteiger partial charge in [0, 0.05) is 18.2 Å². The molecule has 16 heteroatoms.